The minimum atomic E-state index is 0. The van der Waals surface area contributed by atoms with Crippen molar-refractivity contribution in [2.75, 3.05) is 26.2 Å². The van der Waals surface area contributed by atoms with Crippen LogP contribution in [0.15, 0.2) is 53.7 Å². The van der Waals surface area contributed by atoms with Gasteiger partial charge < -0.3 is 20.3 Å². The third kappa shape index (κ3) is 9.99. The second kappa shape index (κ2) is 15.4. The average Bonchev–Trinajstić information content (AvgIpc) is 2.78. The van der Waals surface area contributed by atoms with Crippen molar-refractivity contribution >= 4 is 35.8 Å². The van der Waals surface area contributed by atoms with Crippen molar-refractivity contribution in [3.8, 4) is 5.75 Å². The molecule has 0 bridgehead atoms. The molecule has 0 fully saturated rings. The van der Waals surface area contributed by atoms with E-state index in [0.29, 0.717) is 32.1 Å². The molecule has 1 aromatic carbocycles. The molecular formula is C23H34IN5O2. The summed E-state index contributed by atoms with van der Waals surface area (Å²) in [4.78, 5) is 22.9. The first kappa shape index (κ1) is 26.7. The molecule has 0 saturated carbocycles. The number of hydrogen-bond donors (Lipinski definition) is 2. The summed E-state index contributed by atoms with van der Waals surface area (Å²) in [5, 5.41) is 6.46. The molecule has 7 nitrogen and oxygen atoms in total. The third-order valence-electron chi connectivity index (χ3n) is 4.52. The van der Waals surface area contributed by atoms with Crippen LogP contribution >= 0.6 is 24.0 Å². The van der Waals surface area contributed by atoms with Crippen LogP contribution in [0, 0.1) is 0 Å². The second-order valence-electron chi connectivity index (χ2n) is 6.70. The molecule has 1 heterocycles. The Kier molecular flexibility index (Phi) is 13.3. The smallest absolute Gasteiger partial charge is 0.224 e. The summed E-state index contributed by atoms with van der Waals surface area (Å²) >= 11 is 0. The second-order valence-corrected chi connectivity index (χ2v) is 6.70. The Hall–Kier alpha value is -2.36. The maximum atomic E-state index is 12.1. The molecule has 1 amide bonds. The summed E-state index contributed by atoms with van der Waals surface area (Å²) < 4.78 is 5.84. The van der Waals surface area contributed by atoms with Gasteiger partial charge in [0.25, 0.3) is 0 Å². The van der Waals surface area contributed by atoms with Gasteiger partial charge in [0.05, 0.1) is 12.2 Å². The quantitative estimate of drug-likeness (QED) is 0.259. The van der Waals surface area contributed by atoms with E-state index in [1.165, 1.54) is 0 Å². The molecule has 2 rings (SSSR count). The predicted molar refractivity (Wildman–Crippen MR) is 136 cm³/mol. The summed E-state index contributed by atoms with van der Waals surface area (Å²) in [5.74, 6) is 1.64. The van der Waals surface area contributed by atoms with Gasteiger partial charge in [0.1, 0.15) is 12.4 Å². The van der Waals surface area contributed by atoms with Gasteiger partial charge in [-0.05, 0) is 50.6 Å². The lowest BCUT2D eigenvalue weighted by atomic mass is 10.2. The maximum absolute atomic E-state index is 12.1. The van der Waals surface area contributed by atoms with Crippen LogP contribution in [0.4, 0.5) is 0 Å². The number of benzene rings is 1. The molecule has 0 atom stereocenters. The predicted octanol–water partition coefficient (Wildman–Crippen LogP) is 3.59. The lowest BCUT2D eigenvalue weighted by molar-refractivity contribution is -0.130. The Bertz CT molecular complexity index is 798. The topological polar surface area (TPSA) is 78.9 Å². The van der Waals surface area contributed by atoms with Crippen LogP contribution < -0.4 is 15.4 Å². The Morgan fingerprint density at radius 1 is 1.10 bits per heavy atom. The molecule has 0 aliphatic carbocycles. The highest BCUT2D eigenvalue weighted by atomic mass is 127. The summed E-state index contributed by atoms with van der Waals surface area (Å²) in [7, 11) is 0. The normalized spacial score (nSPS) is 10.7. The van der Waals surface area contributed by atoms with Crippen LogP contribution in [-0.4, -0.2) is 47.9 Å². The Balaban J connectivity index is 0.00000480. The minimum absolute atomic E-state index is 0. The highest BCUT2D eigenvalue weighted by Crippen LogP contribution is 2.15. The number of carbonyl (C=O) groups excluding carboxylic acids is 1. The number of nitrogens with one attached hydrogen (secondary N) is 2. The van der Waals surface area contributed by atoms with Gasteiger partial charge in [-0.15, -0.1) is 24.0 Å². The summed E-state index contributed by atoms with van der Waals surface area (Å²) in [6.45, 7) is 9.73. The van der Waals surface area contributed by atoms with Gasteiger partial charge in [0, 0.05) is 38.8 Å². The molecule has 1 aromatic heterocycles. The monoisotopic (exact) mass is 539 g/mol. The zero-order chi connectivity index (χ0) is 21.6. The Morgan fingerprint density at radius 2 is 1.90 bits per heavy atom. The Morgan fingerprint density at radius 3 is 2.58 bits per heavy atom. The zero-order valence-corrected chi connectivity index (χ0v) is 21.0. The molecule has 0 spiro atoms. The number of ether oxygens (including phenoxy) is 1. The van der Waals surface area contributed by atoms with Crippen LogP contribution in [0.2, 0.25) is 0 Å². The van der Waals surface area contributed by atoms with E-state index in [9.17, 15) is 4.79 Å². The van der Waals surface area contributed by atoms with Crippen molar-refractivity contribution in [1.82, 2.24) is 20.5 Å². The summed E-state index contributed by atoms with van der Waals surface area (Å²) in [6, 6.07) is 13.7. The molecule has 0 unspecified atom stereocenters. The third-order valence-corrected chi connectivity index (χ3v) is 4.52. The fraction of sp³-hybridized carbons (Fsp3) is 0.435. The number of hydrogen-bond acceptors (Lipinski definition) is 4. The number of guanidine groups is 1. The van der Waals surface area contributed by atoms with Gasteiger partial charge in [-0.1, -0.05) is 18.2 Å². The maximum Gasteiger partial charge on any atom is 0.224 e. The van der Waals surface area contributed by atoms with Crippen LogP contribution in [-0.2, 0) is 17.9 Å². The van der Waals surface area contributed by atoms with Crippen molar-refractivity contribution in [3.63, 3.8) is 0 Å². The van der Waals surface area contributed by atoms with Crippen LogP contribution in [0.5, 0.6) is 5.75 Å². The van der Waals surface area contributed by atoms with Crippen molar-refractivity contribution in [3.05, 3.63) is 59.9 Å². The lowest BCUT2D eigenvalue weighted by Crippen LogP contribution is -2.40. The Labute approximate surface area is 202 Å². The number of aliphatic imine (C=N–C) groups is 1. The van der Waals surface area contributed by atoms with E-state index in [0.717, 1.165) is 36.6 Å². The van der Waals surface area contributed by atoms with Crippen LogP contribution in [0.1, 0.15) is 38.4 Å². The number of amides is 1. The van der Waals surface area contributed by atoms with E-state index in [2.05, 4.69) is 20.6 Å². The highest BCUT2D eigenvalue weighted by molar-refractivity contribution is 14.0. The van der Waals surface area contributed by atoms with E-state index >= 15 is 0 Å². The van der Waals surface area contributed by atoms with Gasteiger partial charge in [0.2, 0.25) is 5.91 Å². The first-order chi connectivity index (χ1) is 14.7. The molecule has 0 aliphatic rings. The largest absolute Gasteiger partial charge is 0.487 e. The molecule has 8 heteroatoms. The van der Waals surface area contributed by atoms with E-state index in [1.807, 2.05) is 68.1 Å². The molecule has 170 valence electrons. The molecule has 0 radical (unpaired) electrons. The van der Waals surface area contributed by atoms with Crippen LogP contribution in [0.3, 0.4) is 0 Å². The van der Waals surface area contributed by atoms with Crippen molar-refractivity contribution < 1.29 is 9.53 Å². The SMILES string of the molecule is CCNC(=NCc1cccc(OCc2ccccn2)c1)NCCC(=O)N(CC)CC.I. The standard InChI is InChI=1S/C23H33N5O2.HI/c1-4-24-23(26-15-13-22(29)28(5-2)6-3)27-17-19-10-9-12-21(16-19)30-18-20-11-7-8-14-25-20;/h7-12,14,16H,4-6,13,15,17-18H2,1-3H3,(H2,24,26,27);1H. The molecule has 0 aliphatic heterocycles. The number of pyridine rings is 1. The highest BCUT2D eigenvalue weighted by Gasteiger charge is 2.09. The fourth-order valence-corrected chi connectivity index (χ4v) is 2.91. The fourth-order valence-electron chi connectivity index (χ4n) is 2.91. The number of carbonyl (C=O) groups is 1. The van der Waals surface area contributed by atoms with Gasteiger partial charge >= 0.3 is 0 Å². The van der Waals surface area contributed by atoms with Crippen LogP contribution in [0.25, 0.3) is 0 Å². The van der Waals surface area contributed by atoms with Crippen molar-refractivity contribution in [2.24, 2.45) is 4.99 Å². The number of halogens is 1. The van der Waals surface area contributed by atoms with Gasteiger partial charge in [-0.25, -0.2) is 4.99 Å². The first-order valence-electron chi connectivity index (χ1n) is 10.6. The van der Waals surface area contributed by atoms with E-state index < -0.39 is 0 Å². The molecule has 31 heavy (non-hydrogen) atoms. The summed E-state index contributed by atoms with van der Waals surface area (Å²) in [6.07, 6.45) is 2.21. The average molecular weight is 539 g/mol. The number of nitrogens with zero attached hydrogens (tertiary/aromatic N) is 3. The van der Waals surface area contributed by atoms with Crippen molar-refractivity contribution in [2.45, 2.75) is 40.3 Å². The molecule has 2 aromatic rings. The van der Waals surface area contributed by atoms with E-state index in [-0.39, 0.29) is 29.9 Å². The van der Waals surface area contributed by atoms with E-state index in [4.69, 9.17) is 4.74 Å². The minimum Gasteiger partial charge on any atom is -0.487 e. The van der Waals surface area contributed by atoms with Crippen molar-refractivity contribution in [1.29, 1.82) is 0 Å². The number of aromatic nitrogens is 1. The number of rotatable bonds is 11. The summed E-state index contributed by atoms with van der Waals surface area (Å²) in [5.41, 5.74) is 1.93. The molecular weight excluding hydrogens is 505 g/mol. The van der Waals surface area contributed by atoms with Gasteiger partial charge in [-0.3, -0.25) is 9.78 Å². The van der Waals surface area contributed by atoms with E-state index in [1.54, 1.807) is 6.20 Å². The molecule has 0 saturated heterocycles. The lowest BCUT2D eigenvalue weighted by Gasteiger charge is -2.19. The van der Waals surface area contributed by atoms with Gasteiger partial charge in [0.15, 0.2) is 5.96 Å². The zero-order valence-electron chi connectivity index (χ0n) is 18.6. The first-order valence-corrected chi connectivity index (χ1v) is 10.6. The van der Waals surface area contributed by atoms with Gasteiger partial charge in [-0.2, -0.15) is 0 Å². The molecule has 2 N–H and O–H groups in total.